The van der Waals surface area contributed by atoms with Crippen LogP contribution in [0, 0.1) is 0 Å². The van der Waals surface area contributed by atoms with Gasteiger partial charge in [-0.3, -0.25) is 4.55 Å². The van der Waals surface area contributed by atoms with E-state index in [9.17, 15) is 13.0 Å². The lowest BCUT2D eigenvalue weighted by molar-refractivity contribution is 0.170. The molecule has 0 radical (unpaired) electrons. The van der Waals surface area contributed by atoms with Crippen LogP contribution >= 0.6 is 11.3 Å². The Bertz CT molecular complexity index is 615. The molecule has 1 atom stereocenters. The van der Waals surface area contributed by atoms with E-state index in [-0.39, 0.29) is 15.4 Å². The fourth-order valence-electron chi connectivity index (χ4n) is 2.22. The van der Waals surface area contributed by atoms with E-state index >= 15 is 0 Å². The molecule has 7 heteroatoms. The molecule has 140 valence electrons. The molecular weight excluding hydrogens is 360 g/mol. The number of thiophene rings is 1. The third-order valence-electron chi connectivity index (χ3n) is 4.78. The van der Waals surface area contributed by atoms with Crippen molar-refractivity contribution in [3.63, 3.8) is 0 Å². The Balaban J connectivity index is 2.99. The van der Waals surface area contributed by atoms with Gasteiger partial charge in [-0.05, 0) is 41.6 Å². The van der Waals surface area contributed by atoms with Gasteiger partial charge in [-0.15, -0.1) is 11.3 Å². The smallest absolute Gasteiger partial charge is 0.304 e. The highest BCUT2D eigenvalue weighted by atomic mass is 32.3. The van der Waals surface area contributed by atoms with Crippen molar-refractivity contribution >= 4 is 29.8 Å². The second kappa shape index (κ2) is 8.45. The Hall–Kier alpha value is -0.213. The quantitative estimate of drug-likeness (QED) is 0.317. The lowest BCUT2D eigenvalue weighted by atomic mass is 10.1. The highest BCUT2D eigenvalue weighted by molar-refractivity contribution is 7.88. The number of hydrogen-bond donors (Lipinski definition) is 1. The molecule has 0 aliphatic rings. The summed E-state index contributed by atoms with van der Waals surface area (Å²) in [6.07, 6.45) is 5.38. The molecule has 0 amide bonds. The summed E-state index contributed by atoms with van der Waals surface area (Å²) >= 11 is 1.06. The molecule has 0 bridgehead atoms. The van der Waals surface area contributed by atoms with Crippen LogP contribution in [0.25, 0.3) is 0 Å². The summed E-state index contributed by atoms with van der Waals surface area (Å²) in [6.45, 7) is 13.2. The van der Waals surface area contributed by atoms with Crippen molar-refractivity contribution in [3.8, 4) is 0 Å². The van der Waals surface area contributed by atoms with E-state index in [0.29, 0.717) is 0 Å². The van der Waals surface area contributed by atoms with Gasteiger partial charge in [-0.1, -0.05) is 53.4 Å². The van der Waals surface area contributed by atoms with Crippen LogP contribution in [-0.2, 0) is 14.5 Å². The van der Waals surface area contributed by atoms with Crippen molar-refractivity contribution in [2.45, 2.75) is 88.2 Å². The molecule has 1 aromatic rings. The molecule has 0 aliphatic carbocycles. The zero-order valence-corrected chi connectivity index (χ0v) is 18.4. The molecule has 0 saturated heterocycles. The summed E-state index contributed by atoms with van der Waals surface area (Å²) in [5.74, 6) is 0. The van der Waals surface area contributed by atoms with Gasteiger partial charge < -0.3 is 4.43 Å². The molecule has 1 heterocycles. The van der Waals surface area contributed by atoms with Gasteiger partial charge in [0.2, 0.25) is 0 Å². The zero-order valence-electron chi connectivity index (χ0n) is 15.8. The van der Waals surface area contributed by atoms with E-state index in [1.165, 1.54) is 12.8 Å². The Kier molecular flexibility index (Phi) is 7.68. The third-order valence-corrected chi connectivity index (χ3v) is 11.6. The second-order valence-electron chi connectivity index (χ2n) is 7.89. The maximum absolute atomic E-state index is 11.3. The minimum Gasteiger partial charge on any atom is -0.410 e. The van der Waals surface area contributed by atoms with E-state index in [2.05, 4.69) is 40.8 Å². The minimum absolute atomic E-state index is 0.00473. The molecule has 4 nitrogen and oxygen atoms in total. The molecule has 1 aromatic heterocycles. The molecule has 0 spiro atoms. The third kappa shape index (κ3) is 6.26. The van der Waals surface area contributed by atoms with Crippen molar-refractivity contribution in [2.24, 2.45) is 0 Å². The minimum atomic E-state index is -4.14. The number of rotatable bonds is 9. The van der Waals surface area contributed by atoms with Crippen LogP contribution in [0.5, 0.6) is 0 Å². The van der Waals surface area contributed by atoms with Crippen molar-refractivity contribution in [2.75, 3.05) is 0 Å². The van der Waals surface area contributed by atoms with Crippen LogP contribution in [-0.4, -0.2) is 21.3 Å². The lowest BCUT2D eigenvalue weighted by Crippen LogP contribution is -2.41. The predicted molar refractivity (Wildman–Crippen MR) is 104 cm³/mol. The highest BCUT2D eigenvalue weighted by Gasteiger charge is 2.39. The monoisotopic (exact) mass is 392 g/mol. The second-order valence-corrected chi connectivity index (χ2v) is 15.2. The molecule has 24 heavy (non-hydrogen) atoms. The SMILES string of the molecule is CCCCCCC(O[Si](C)(C)C(C)(C)C)c1csc(S(=O)(=O)O)c1. The van der Waals surface area contributed by atoms with Gasteiger partial charge in [-0.25, -0.2) is 0 Å². The van der Waals surface area contributed by atoms with Gasteiger partial charge >= 0.3 is 10.1 Å². The summed E-state index contributed by atoms with van der Waals surface area (Å²) in [6, 6.07) is 1.57. The van der Waals surface area contributed by atoms with Crippen LogP contribution in [0.4, 0.5) is 0 Å². The van der Waals surface area contributed by atoms with E-state index in [0.717, 1.165) is 36.2 Å². The number of hydrogen-bond acceptors (Lipinski definition) is 4. The summed E-state index contributed by atoms with van der Waals surface area (Å²) in [4.78, 5) is 0. The van der Waals surface area contributed by atoms with Gasteiger partial charge in [-0.2, -0.15) is 8.42 Å². The molecule has 0 saturated carbocycles. The van der Waals surface area contributed by atoms with E-state index in [1.807, 2.05) is 0 Å². The largest absolute Gasteiger partial charge is 0.410 e. The Morgan fingerprint density at radius 2 is 1.88 bits per heavy atom. The average molecular weight is 393 g/mol. The van der Waals surface area contributed by atoms with Crippen LogP contribution in [0.1, 0.15) is 71.5 Å². The molecule has 0 fully saturated rings. The van der Waals surface area contributed by atoms with Crippen LogP contribution in [0.2, 0.25) is 18.1 Å². The van der Waals surface area contributed by atoms with E-state index in [1.54, 1.807) is 11.4 Å². The number of unbranched alkanes of at least 4 members (excludes halogenated alkanes) is 3. The Morgan fingerprint density at radius 1 is 1.25 bits per heavy atom. The van der Waals surface area contributed by atoms with Crippen LogP contribution < -0.4 is 0 Å². The van der Waals surface area contributed by atoms with Crippen LogP contribution in [0.15, 0.2) is 15.7 Å². The molecule has 1 N–H and O–H groups in total. The highest BCUT2D eigenvalue weighted by Crippen LogP contribution is 2.41. The summed E-state index contributed by atoms with van der Waals surface area (Å²) in [5.41, 5.74) is 0.869. The normalized spacial score (nSPS) is 14.8. The van der Waals surface area contributed by atoms with Gasteiger partial charge in [0.25, 0.3) is 0 Å². The Labute approximate surface area is 152 Å². The van der Waals surface area contributed by atoms with Crippen molar-refractivity contribution in [1.82, 2.24) is 0 Å². The van der Waals surface area contributed by atoms with Gasteiger partial charge in [0.15, 0.2) is 8.32 Å². The molecule has 1 rings (SSSR count). The maximum atomic E-state index is 11.3. The standard InChI is InChI=1S/C17H32O4S2Si/c1-7-8-9-10-11-15(21-24(5,6)17(2,3)4)14-12-16(22-13-14)23(18,19)20/h12-13,15H,7-11H2,1-6H3,(H,18,19,20). The first-order valence-corrected chi connectivity index (χ1v) is 13.8. The van der Waals surface area contributed by atoms with Crippen LogP contribution in [0.3, 0.4) is 0 Å². The first kappa shape index (κ1) is 21.8. The molecule has 0 aliphatic heterocycles. The topological polar surface area (TPSA) is 63.6 Å². The van der Waals surface area contributed by atoms with Crippen molar-refractivity contribution in [1.29, 1.82) is 0 Å². The van der Waals surface area contributed by atoms with Crippen molar-refractivity contribution < 1.29 is 17.4 Å². The fourth-order valence-corrected chi connectivity index (χ4v) is 5.13. The summed E-state index contributed by atoms with van der Waals surface area (Å²) < 4.78 is 38.5. The lowest BCUT2D eigenvalue weighted by Gasteiger charge is -2.39. The predicted octanol–water partition coefficient (Wildman–Crippen LogP) is 6.03. The first-order chi connectivity index (χ1) is 10.9. The molecular formula is C17H32O4S2Si. The molecule has 0 aromatic carbocycles. The molecule has 1 unspecified atom stereocenters. The maximum Gasteiger partial charge on any atom is 0.304 e. The van der Waals surface area contributed by atoms with E-state index < -0.39 is 18.4 Å². The fraction of sp³-hybridized carbons (Fsp3) is 0.765. The van der Waals surface area contributed by atoms with Crippen molar-refractivity contribution in [3.05, 3.63) is 17.0 Å². The van der Waals surface area contributed by atoms with E-state index in [4.69, 9.17) is 4.43 Å². The summed E-state index contributed by atoms with van der Waals surface area (Å²) in [7, 11) is -6.11. The van der Waals surface area contributed by atoms with Gasteiger partial charge in [0, 0.05) is 0 Å². The zero-order chi connectivity index (χ0) is 18.6. The summed E-state index contributed by atoms with van der Waals surface area (Å²) in [5, 5.41) is 1.90. The Morgan fingerprint density at radius 3 is 2.33 bits per heavy atom. The van der Waals surface area contributed by atoms with Gasteiger partial charge in [0.05, 0.1) is 6.10 Å². The first-order valence-electron chi connectivity index (χ1n) is 8.62. The average Bonchev–Trinajstić information content (AvgIpc) is 2.90. The van der Waals surface area contributed by atoms with Gasteiger partial charge in [0.1, 0.15) is 4.21 Å².